The summed E-state index contributed by atoms with van der Waals surface area (Å²) < 4.78 is 56.4. The molecule has 0 aliphatic carbocycles. The molecular weight excluding hydrogens is 519 g/mol. The first-order chi connectivity index (χ1) is 17.7. The van der Waals surface area contributed by atoms with Gasteiger partial charge in [0.15, 0.2) is 5.65 Å². The Morgan fingerprint density at radius 2 is 1.81 bits per heavy atom. The van der Waals surface area contributed by atoms with Crippen molar-refractivity contribution in [3.63, 3.8) is 0 Å². The Bertz CT molecular complexity index is 1750. The van der Waals surface area contributed by atoms with E-state index in [9.17, 15) is 17.2 Å². The van der Waals surface area contributed by atoms with Crippen LogP contribution in [0.25, 0.3) is 16.9 Å². The van der Waals surface area contributed by atoms with E-state index < -0.39 is 26.6 Å². The average molecular weight is 536 g/mol. The number of nitrogens with one attached hydrogen (secondary N) is 2. The minimum Gasteiger partial charge on any atom is -0.366 e. The van der Waals surface area contributed by atoms with Crippen LogP contribution in [0, 0.1) is 11.6 Å². The van der Waals surface area contributed by atoms with Crippen molar-refractivity contribution in [3.05, 3.63) is 101 Å². The summed E-state index contributed by atoms with van der Waals surface area (Å²) in [5, 5.41) is 8.08. The van der Waals surface area contributed by atoms with Gasteiger partial charge >= 0.3 is 0 Å². The van der Waals surface area contributed by atoms with E-state index >= 15 is 0 Å². The third-order valence-electron chi connectivity index (χ3n) is 5.49. The number of hydrogen-bond donors (Lipinski definition) is 2. The highest BCUT2D eigenvalue weighted by Gasteiger charge is 2.20. The molecule has 37 heavy (non-hydrogen) atoms. The van der Waals surface area contributed by atoms with Gasteiger partial charge in [-0.25, -0.2) is 22.2 Å². The fourth-order valence-electron chi connectivity index (χ4n) is 3.75. The zero-order chi connectivity index (χ0) is 26.2. The summed E-state index contributed by atoms with van der Waals surface area (Å²) in [5.74, 6) is -1.47. The molecule has 0 atom stereocenters. The molecule has 0 unspecified atom stereocenters. The lowest BCUT2D eigenvalue weighted by atomic mass is 10.0. The number of hydrogen-bond acceptors (Lipinski definition) is 5. The first-order valence-corrected chi connectivity index (χ1v) is 12.8. The fourth-order valence-corrected chi connectivity index (χ4v) is 5.10. The Balaban J connectivity index is 1.41. The summed E-state index contributed by atoms with van der Waals surface area (Å²) in [4.78, 5) is 3.94. The number of nitrogens with zero attached hydrogens (tertiary/aromatic N) is 3. The highest BCUT2D eigenvalue weighted by molar-refractivity contribution is 7.92. The Morgan fingerprint density at radius 3 is 2.59 bits per heavy atom. The fraction of sp³-hybridized carbons (Fsp3) is 0.0400. The van der Waals surface area contributed by atoms with E-state index in [4.69, 9.17) is 19.4 Å². The standard InChI is InChI=1S/C25H17BClF2N5O2S/c26-19-14-31-34-24(12-22(32-25(19)34)18-6-1-2-7-20(18)27)30-13-15-4-3-5-17(10-15)33-37(35,36)23-9-8-16(28)11-21(23)29/h1-12,14,30,33H,13H2. The molecule has 0 saturated carbocycles. The number of aromatic nitrogens is 3. The van der Waals surface area contributed by atoms with Crippen LogP contribution in [-0.4, -0.2) is 30.9 Å². The lowest BCUT2D eigenvalue weighted by molar-refractivity contribution is 0.551. The number of sulfonamides is 1. The van der Waals surface area contributed by atoms with Crippen molar-refractivity contribution in [2.75, 3.05) is 10.0 Å². The summed E-state index contributed by atoms with van der Waals surface area (Å²) in [6.45, 7) is 0.279. The van der Waals surface area contributed by atoms with Crippen molar-refractivity contribution >= 4 is 52.1 Å². The number of benzene rings is 3. The summed E-state index contributed by atoms with van der Waals surface area (Å²) in [6, 6.07) is 17.9. The topological polar surface area (TPSA) is 88.4 Å². The van der Waals surface area contributed by atoms with Crippen LogP contribution in [0.3, 0.4) is 0 Å². The van der Waals surface area contributed by atoms with E-state index in [2.05, 4.69) is 20.1 Å². The molecule has 5 rings (SSSR count). The molecule has 7 nitrogen and oxygen atoms in total. The normalized spacial score (nSPS) is 11.5. The largest absolute Gasteiger partial charge is 0.366 e. The van der Waals surface area contributed by atoms with Crippen molar-refractivity contribution in [1.82, 2.24) is 14.6 Å². The highest BCUT2D eigenvalue weighted by atomic mass is 35.5. The Hall–Kier alpha value is -3.96. The van der Waals surface area contributed by atoms with Crippen LogP contribution < -0.4 is 15.5 Å². The molecule has 184 valence electrons. The second-order valence-electron chi connectivity index (χ2n) is 8.08. The molecule has 2 aromatic heterocycles. The molecule has 0 bridgehead atoms. The predicted octanol–water partition coefficient (Wildman–Crippen LogP) is 4.53. The van der Waals surface area contributed by atoms with Gasteiger partial charge in [-0.2, -0.15) is 9.61 Å². The van der Waals surface area contributed by atoms with E-state index in [0.29, 0.717) is 39.3 Å². The van der Waals surface area contributed by atoms with E-state index in [-0.39, 0.29) is 12.2 Å². The SMILES string of the molecule is [B]c1cnn2c(NCc3cccc(NS(=O)(=O)c4ccc(F)cc4F)c3)cc(-c3ccccc3Cl)nc12. The molecule has 0 spiro atoms. The maximum atomic E-state index is 14.0. The molecule has 0 aliphatic heterocycles. The molecule has 3 aromatic carbocycles. The Labute approximate surface area is 217 Å². The molecule has 2 heterocycles. The molecule has 2 N–H and O–H groups in total. The molecule has 12 heteroatoms. The molecule has 5 aromatic rings. The van der Waals surface area contributed by atoms with Gasteiger partial charge in [-0.3, -0.25) is 4.72 Å². The predicted molar refractivity (Wildman–Crippen MR) is 140 cm³/mol. The van der Waals surface area contributed by atoms with Gasteiger partial charge in [-0.05, 0) is 41.4 Å². The molecule has 2 radical (unpaired) electrons. The van der Waals surface area contributed by atoms with Crippen molar-refractivity contribution in [2.45, 2.75) is 11.4 Å². The number of fused-ring (bicyclic) bond motifs is 1. The van der Waals surface area contributed by atoms with Crippen molar-refractivity contribution in [3.8, 4) is 11.3 Å². The third kappa shape index (κ3) is 5.14. The van der Waals surface area contributed by atoms with Crippen molar-refractivity contribution < 1.29 is 17.2 Å². The molecule has 0 saturated heterocycles. The second kappa shape index (κ2) is 9.83. The van der Waals surface area contributed by atoms with Crippen LogP contribution in [0.15, 0.2) is 83.9 Å². The summed E-state index contributed by atoms with van der Waals surface area (Å²) in [5.41, 5.74) is 3.08. The zero-order valence-corrected chi connectivity index (χ0v) is 20.6. The van der Waals surface area contributed by atoms with Crippen LogP contribution in [-0.2, 0) is 16.6 Å². The zero-order valence-electron chi connectivity index (χ0n) is 19.0. The number of halogens is 3. The Morgan fingerprint density at radius 1 is 1.00 bits per heavy atom. The summed E-state index contributed by atoms with van der Waals surface area (Å²) in [7, 11) is 1.79. The van der Waals surface area contributed by atoms with Gasteiger partial charge in [-0.15, -0.1) is 0 Å². The molecule has 0 amide bonds. The minimum atomic E-state index is -4.27. The second-order valence-corrected chi connectivity index (χ2v) is 10.1. The quantitative estimate of drug-likeness (QED) is 0.299. The Kier molecular flexibility index (Phi) is 6.57. The van der Waals surface area contributed by atoms with Gasteiger partial charge in [0.25, 0.3) is 10.0 Å². The third-order valence-corrected chi connectivity index (χ3v) is 7.23. The van der Waals surface area contributed by atoms with Crippen molar-refractivity contribution in [2.24, 2.45) is 0 Å². The maximum absolute atomic E-state index is 14.0. The van der Waals surface area contributed by atoms with Gasteiger partial charge in [0, 0.05) is 41.1 Å². The van der Waals surface area contributed by atoms with Gasteiger partial charge in [0.1, 0.15) is 30.2 Å². The van der Waals surface area contributed by atoms with Gasteiger partial charge in [0.05, 0.1) is 5.69 Å². The monoisotopic (exact) mass is 535 g/mol. The van der Waals surface area contributed by atoms with Gasteiger partial charge < -0.3 is 5.32 Å². The number of anilines is 2. The van der Waals surface area contributed by atoms with E-state index in [1.54, 1.807) is 34.8 Å². The first kappa shape index (κ1) is 24.7. The average Bonchev–Trinajstić information content (AvgIpc) is 3.23. The van der Waals surface area contributed by atoms with Crippen LogP contribution in [0.4, 0.5) is 20.3 Å². The van der Waals surface area contributed by atoms with Gasteiger partial charge in [0.2, 0.25) is 0 Å². The van der Waals surface area contributed by atoms with E-state index in [1.807, 2.05) is 18.2 Å². The lowest BCUT2D eigenvalue weighted by Gasteiger charge is -2.13. The molecular formula is C25H17BClF2N5O2S. The van der Waals surface area contributed by atoms with Crippen LogP contribution >= 0.6 is 11.6 Å². The molecule has 0 aliphatic rings. The number of rotatable bonds is 7. The first-order valence-electron chi connectivity index (χ1n) is 10.9. The van der Waals surface area contributed by atoms with Gasteiger partial charge in [-0.1, -0.05) is 41.9 Å². The molecule has 0 fully saturated rings. The highest BCUT2D eigenvalue weighted by Crippen LogP contribution is 2.28. The van der Waals surface area contributed by atoms with E-state index in [1.165, 1.54) is 12.3 Å². The van der Waals surface area contributed by atoms with Crippen LogP contribution in [0.2, 0.25) is 5.02 Å². The summed E-state index contributed by atoms with van der Waals surface area (Å²) in [6.07, 6.45) is 1.49. The maximum Gasteiger partial charge on any atom is 0.264 e. The lowest BCUT2D eigenvalue weighted by Crippen LogP contribution is -2.15. The van der Waals surface area contributed by atoms with Crippen LogP contribution in [0.1, 0.15) is 5.56 Å². The van der Waals surface area contributed by atoms with Crippen LogP contribution in [0.5, 0.6) is 0 Å². The van der Waals surface area contributed by atoms with Crippen molar-refractivity contribution in [1.29, 1.82) is 0 Å². The smallest absolute Gasteiger partial charge is 0.264 e. The summed E-state index contributed by atoms with van der Waals surface area (Å²) >= 11 is 6.37. The van der Waals surface area contributed by atoms with E-state index in [0.717, 1.165) is 17.7 Å². The minimum absolute atomic E-state index is 0.211.